The van der Waals surface area contributed by atoms with E-state index in [0.717, 1.165) is 17.7 Å². The van der Waals surface area contributed by atoms with Gasteiger partial charge in [-0.25, -0.2) is 0 Å². The molecule has 2 unspecified atom stereocenters. The van der Waals surface area contributed by atoms with Crippen LogP contribution in [-0.2, 0) is 0 Å². The fraction of sp³-hybridized carbons (Fsp3) is 1.00. The zero-order chi connectivity index (χ0) is 9.78. The Morgan fingerprint density at radius 3 is 2.00 bits per heavy atom. The molecule has 0 heterocycles. The van der Waals surface area contributed by atoms with Crippen LogP contribution in [0, 0.1) is 17.3 Å². The second-order valence-electron chi connectivity index (χ2n) is 4.57. The van der Waals surface area contributed by atoms with Crippen LogP contribution in [0.2, 0.25) is 0 Å². The van der Waals surface area contributed by atoms with Gasteiger partial charge in [0.2, 0.25) is 0 Å². The third-order valence-electron chi connectivity index (χ3n) is 3.23. The summed E-state index contributed by atoms with van der Waals surface area (Å²) in [6.45, 7) is 11.4. The minimum absolute atomic E-state index is 0.338. The first-order valence-electron chi connectivity index (χ1n) is 5.04. The highest BCUT2D eigenvalue weighted by Crippen LogP contribution is 2.37. The SMILES string of the molecule is CCCC(C)(CCl)C(C)C(C)C. The van der Waals surface area contributed by atoms with E-state index in [1.807, 2.05) is 0 Å². The van der Waals surface area contributed by atoms with Crippen LogP contribution in [0.25, 0.3) is 0 Å². The molecule has 0 aliphatic carbocycles. The first-order valence-corrected chi connectivity index (χ1v) is 5.57. The lowest BCUT2D eigenvalue weighted by molar-refractivity contribution is 0.164. The molecule has 12 heavy (non-hydrogen) atoms. The van der Waals surface area contributed by atoms with Crippen LogP contribution in [0.15, 0.2) is 0 Å². The summed E-state index contributed by atoms with van der Waals surface area (Å²) in [7, 11) is 0. The highest BCUT2D eigenvalue weighted by atomic mass is 35.5. The maximum absolute atomic E-state index is 6.03. The Kier molecular flexibility index (Phi) is 5.24. The normalized spacial score (nSPS) is 19.2. The Bertz CT molecular complexity index is 120. The lowest BCUT2D eigenvalue weighted by Gasteiger charge is -2.36. The van der Waals surface area contributed by atoms with Gasteiger partial charge in [0.05, 0.1) is 0 Å². The van der Waals surface area contributed by atoms with Crippen molar-refractivity contribution in [2.75, 3.05) is 5.88 Å². The van der Waals surface area contributed by atoms with Crippen molar-refractivity contribution in [3.63, 3.8) is 0 Å². The van der Waals surface area contributed by atoms with E-state index in [1.54, 1.807) is 0 Å². The third-order valence-corrected chi connectivity index (χ3v) is 3.84. The molecule has 0 bridgehead atoms. The number of alkyl halides is 1. The zero-order valence-corrected chi connectivity index (χ0v) is 9.91. The van der Waals surface area contributed by atoms with Crippen molar-refractivity contribution in [3.05, 3.63) is 0 Å². The average Bonchev–Trinajstić information content (AvgIpc) is 2.03. The van der Waals surface area contributed by atoms with Crippen LogP contribution in [0.4, 0.5) is 0 Å². The van der Waals surface area contributed by atoms with E-state index in [1.165, 1.54) is 12.8 Å². The van der Waals surface area contributed by atoms with Crippen molar-refractivity contribution in [1.82, 2.24) is 0 Å². The van der Waals surface area contributed by atoms with Crippen molar-refractivity contribution < 1.29 is 0 Å². The van der Waals surface area contributed by atoms with E-state index in [9.17, 15) is 0 Å². The molecule has 0 fully saturated rings. The summed E-state index contributed by atoms with van der Waals surface area (Å²) >= 11 is 6.03. The molecule has 74 valence electrons. The van der Waals surface area contributed by atoms with Crippen molar-refractivity contribution in [1.29, 1.82) is 0 Å². The van der Waals surface area contributed by atoms with E-state index in [-0.39, 0.29) is 0 Å². The summed E-state index contributed by atoms with van der Waals surface area (Å²) < 4.78 is 0. The van der Waals surface area contributed by atoms with E-state index >= 15 is 0 Å². The molecule has 0 aromatic rings. The summed E-state index contributed by atoms with van der Waals surface area (Å²) in [5.74, 6) is 2.25. The molecule has 0 saturated carbocycles. The summed E-state index contributed by atoms with van der Waals surface area (Å²) in [4.78, 5) is 0. The van der Waals surface area contributed by atoms with Gasteiger partial charge in [-0.1, -0.05) is 41.0 Å². The van der Waals surface area contributed by atoms with Crippen LogP contribution in [0.3, 0.4) is 0 Å². The minimum Gasteiger partial charge on any atom is -0.126 e. The molecular formula is C11H23Cl. The maximum Gasteiger partial charge on any atom is 0.0280 e. The fourth-order valence-corrected chi connectivity index (χ4v) is 2.17. The largest absolute Gasteiger partial charge is 0.126 e. The predicted octanol–water partition coefficient (Wildman–Crippen LogP) is 4.32. The summed E-state index contributed by atoms with van der Waals surface area (Å²) in [5.41, 5.74) is 0.338. The van der Waals surface area contributed by atoms with Crippen LogP contribution < -0.4 is 0 Å². The van der Waals surface area contributed by atoms with Crippen LogP contribution >= 0.6 is 11.6 Å². The molecule has 0 rings (SSSR count). The van der Waals surface area contributed by atoms with Crippen LogP contribution in [-0.4, -0.2) is 5.88 Å². The molecule has 0 radical (unpaired) electrons. The van der Waals surface area contributed by atoms with Crippen LogP contribution in [0.1, 0.15) is 47.5 Å². The van der Waals surface area contributed by atoms with Gasteiger partial charge in [-0.05, 0) is 23.7 Å². The van der Waals surface area contributed by atoms with Crippen molar-refractivity contribution >= 4 is 11.6 Å². The topological polar surface area (TPSA) is 0 Å². The highest BCUT2D eigenvalue weighted by molar-refractivity contribution is 6.18. The first kappa shape index (κ1) is 12.3. The zero-order valence-electron chi connectivity index (χ0n) is 9.15. The number of halogens is 1. The Balaban J connectivity index is 4.28. The highest BCUT2D eigenvalue weighted by Gasteiger charge is 2.30. The molecule has 0 amide bonds. The van der Waals surface area contributed by atoms with Crippen molar-refractivity contribution in [2.24, 2.45) is 17.3 Å². The standard InChI is InChI=1S/C11H23Cl/c1-6-7-11(5,8-12)10(4)9(2)3/h9-10H,6-8H2,1-5H3. The van der Waals surface area contributed by atoms with Gasteiger partial charge < -0.3 is 0 Å². The van der Waals surface area contributed by atoms with E-state index < -0.39 is 0 Å². The lowest BCUT2D eigenvalue weighted by Crippen LogP contribution is -2.30. The Hall–Kier alpha value is 0.290. The monoisotopic (exact) mass is 190 g/mol. The van der Waals surface area contributed by atoms with Gasteiger partial charge in [-0.3, -0.25) is 0 Å². The van der Waals surface area contributed by atoms with Gasteiger partial charge in [-0.15, -0.1) is 11.6 Å². The number of hydrogen-bond acceptors (Lipinski definition) is 0. The molecule has 2 atom stereocenters. The molecule has 0 nitrogen and oxygen atoms in total. The van der Waals surface area contributed by atoms with E-state index in [0.29, 0.717) is 5.41 Å². The van der Waals surface area contributed by atoms with E-state index in [2.05, 4.69) is 34.6 Å². The molecule has 0 aliphatic heterocycles. The van der Waals surface area contributed by atoms with Gasteiger partial charge in [0.25, 0.3) is 0 Å². The Morgan fingerprint density at radius 2 is 1.75 bits per heavy atom. The molecule has 0 spiro atoms. The third kappa shape index (κ3) is 2.97. The van der Waals surface area contributed by atoms with Gasteiger partial charge in [0.1, 0.15) is 0 Å². The second kappa shape index (κ2) is 5.11. The minimum atomic E-state index is 0.338. The molecule has 0 N–H and O–H groups in total. The Morgan fingerprint density at radius 1 is 1.25 bits per heavy atom. The van der Waals surface area contributed by atoms with Gasteiger partial charge >= 0.3 is 0 Å². The lowest BCUT2D eigenvalue weighted by atomic mass is 9.71. The fourth-order valence-electron chi connectivity index (χ4n) is 1.79. The molecule has 0 saturated heterocycles. The number of rotatable bonds is 5. The summed E-state index contributed by atoms with van der Waals surface area (Å²) in [6, 6.07) is 0. The quantitative estimate of drug-likeness (QED) is 0.567. The number of hydrogen-bond donors (Lipinski definition) is 0. The predicted molar refractivity (Wildman–Crippen MR) is 57.7 cm³/mol. The van der Waals surface area contributed by atoms with Gasteiger partial charge in [0, 0.05) is 5.88 Å². The maximum atomic E-state index is 6.03. The molecular weight excluding hydrogens is 168 g/mol. The van der Waals surface area contributed by atoms with Gasteiger partial charge in [-0.2, -0.15) is 0 Å². The van der Waals surface area contributed by atoms with Crippen LogP contribution in [0.5, 0.6) is 0 Å². The molecule has 0 aromatic heterocycles. The van der Waals surface area contributed by atoms with Crippen molar-refractivity contribution in [3.8, 4) is 0 Å². The smallest absolute Gasteiger partial charge is 0.0280 e. The Labute approximate surface area is 82.7 Å². The second-order valence-corrected chi connectivity index (χ2v) is 4.84. The van der Waals surface area contributed by atoms with Crippen molar-refractivity contribution in [2.45, 2.75) is 47.5 Å². The van der Waals surface area contributed by atoms with Gasteiger partial charge in [0.15, 0.2) is 0 Å². The summed E-state index contributed by atoms with van der Waals surface area (Å²) in [5, 5.41) is 0. The molecule has 1 heteroatoms. The van der Waals surface area contributed by atoms with E-state index in [4.69, 9.17) is 11.6 Å². The summed E-state index contributed by atoms with van der Waals surface area (Å²) in [6.07, 6.45) is 2.48. The molecule has 0 aliphatic rings. The average molecular weight is 191 g/mol. The first-order chi connectivity index (χ1) is 5.48. The molecule has 0 aromatic carbocycles.